The molecule has 5 heteroatoms. The maximum Gasteiger partial charge on any atom is 0.148 e. The number of fused-ring (bicyclic) bond motifs is 2. The van der Waals surface area contributed by atoms with E-state index >= 15 is 0 Å². The summed E-state index contributed by atoms with van der Waals surface area (Å²) in [7, 11) is 0. The molecule has 43 heavy (non-hydrogen) atoms. The minimum atomic E-state index is -0.110. The Morgan fingerprint density at radius 3 is 2.16 bits per heavy atom. The van der Waals surface area contributed by atoms with Gasteiger partial charge in [0.2, 0.25) is 0 Å². The summed E-state index contributed by atoms with van der Waals surface area (Å²) in [6.45, 7) is 6.68. The van der Waals surface area contributed by atoms with Crippen molar-refractivity contribution in [2.24, 2.45) is 0 Å². The van der Waals surface area contributed by atoms with Crippen LogP contribution < -0.4 is 0 Å². The molecule has 5 aromatic carbocycles. The first kappa shape index (κ1) is 28.6. The molecule has 2 heterocycles. The van der Waals surface area contributed by atoms with E-state index in [9.17, 15) is 5.11 Å². The van der Waals surface area contributed by atoms with Gasteiger partial charge < -0.3 is 5.11 Å². The maximum atomic E-state index is 10.9. The van der Waals surface area contributed by atoms with Crippen LogP contribution in [0.5, 0.6) is 5.75 Å². The van der Waals surface area contributed by atoms with Crippen molar-refractivity contribution in [3.05, 3.63) is 133 Å². The maximum absolute atomic E-state index is 10.9. The molecule has 0 radical (unpaired) electrons. The third kappa shape index (κ3) is 5.28. The van der Waals surface area contributed by atoms with Gasteiger partial charge >= 0.3 is 0 Å². The number of phenolic OH excluding ortho intramolecular Hbond substituents is 1. The van der Waals surface area contributed by atoms with Crippen molar-refractivity contribution in [3.63, 3.8) is 0 Å². The molecular formula is C38H30N3OPt-. The molecule has 4 nitrogen and oxygen atoms in total. The summed E-state index contributed by atoms with van der Waals surface area (Å²) < 4.78 is 2.15. The van der Waals surface area contributed by atoms with Gasteiger partial charge in [0.05, 0.1) is 16.6 Å². The smallest absolute Gasteiger partial charge is 0.148 e. The number of para-hydroxylation sites is 2. The van der Waals surface area contributed by atoms with Crippen LogP contribution in [0.15, 0.2) is 121 Å². The second-order valence-electron chi connectivity index (χ2n) is 11.7. The third-order valence-corrected chi connectivity index (χ3v) is 7.78. The third-order valence-electron chi connectivity index (χ3n) is 7.78. The average Bonchev–Trinajstić information content (AvgIpc) is 3.40. The molecule has 2 aromatic heterocycles. The van der Waals surface area contributed by atoms with Crippen molar-refractivity contribution < 1.29 is 26.2 Å². The molecule has 0 saturated carbocycles. The quantitative estimate of drug-likeness (QED) is 0.183. The zero-order valence-electron chi connectivity index (χ0n) is 24.2. The number of benzene rings is 5. The van der Waals surface area contributed by atoms with Crippen LogP contribution in [-0.4, -0.2) is 19.6 Å². The van der Waals surface area contributed by atoms with E-state index in [1.54, 1.807) is 6.07 Å². The van der Waals surface area contributed by atoms with Gasteiger partial charge in [-0.2, -0.15) is 0 Å². The van der Waals surface area contributed by atoms with Crippen LogP contribution in [0.3, 0.4) is 0 Å². The van der Waals surface area contributed by atoms with E-state index in [-0.39, 0.29) is 32.2 Å². The van der Waals surface area contributed by atoms with Gasteiger partial charge in [-0.1, -0.05) is 98.6 Å². The second-order valence-corrected chi connectivity index (χ2v) is 11.7. The first-order chi connectivity index (χ1) is 20.4. The Morgan fingerprint density at radius 1 is 0.698 bits per heavy atom. The van der Waals surface area contributed by atoms with Crippen molar-refractivity contribution >= 4 is 21.8 Å². The fourth-order valence-electron chi connectivity index (χ4n) is 5.50. The molecule has 0 aliphatic carbocycles. The second kappa shape index (κ2) is 11.3. The predicted octanol–water partition coefficient (Wildman–Crippen LogP) is 9.38. The van der Waals surface area contributed by atoms with Crippen LogP contribution in [0.4, 0.5) is 0 Å². The standard InChI is InChI=1S/C38H30N3O.Pt/c1-38(2,3)29-22-32(26-14-11-15-27(20-26)33-21-25-12-7-8-13-28(25)24-39-33)36-34(23-29)41(30-16-5-4-6-17-30)37(40-36)31-18-9-10-19-35(31)42;/h4-19,21-24,42H,1-3H3;/q-1;. The van der Waals surface area contributed by atoms with Gasteiger partial charge in [0.1, 0.15) is 11.6 Å². The molecule has 0 saturated heterocycles. The molecule has 0 fully saturated rings. The van der Waals surface area contributed by atoms with Gasteiger partial charge in [-0.3, -0.25) is 9.55 Å². The zero-order chi connectivity index (χ0) is 28.8. The monoisotopic (exact) mass is 739 g/mol. The molecule has 0 aliphatic heterocycles. The molecule has 0 unspecified atom stereocenters. The normalized spacial score (nSPS) is 11.5. The Bertz CT molecular complexity index is 2090. The van der Waals surface area contributed by atoms with Gasteiger partial charge in [0.25, 0.3) is 0 Å². The van der Waals surface area contributed by atoms with Crippen molar-refractivity contribution in [3.8, 4) is 45.2 Å². The fraction of sp³-hybridized carbons (Fsp3) is 0.105. The van der Waals surface area contributed by atoms with E-state index < -0.39 is 0 Å². The van der Waals surface area contributed by atoms with Crippen LogP contribution in [0.25, 0.3) is 61.3 Å². The van der Waals surface area contributed by atoms with Gasteiger partial charge in [-0.25, -0.2) is 4.98 Å². The number of imidazole rings is 1. The van der Waals surface area contributed by atoms with Crippen LogP contribution >= 0.6 is 0 Å². The number of nitrogens with zero attached hydrogens (tertiary/aromatic N) is 3. The summed E-state index contributed by atoms with van der Waals surface area (Å²) >= 11 is 0. The van der Waals surface area contributed by atoms with Crippen LogP contribution in [0, 0.1) is 6.07 Å². The molecule has 0 amide bonds. The van der Waals surface area contributed by atoms with Gasteiger partial charge in [0, 0.05) is 38.6 Å². The van der Waals surface area contributed by atoms with Crippen LogP contribution in [0.1, 0.15) is 26.3 Å². The number of pyridine rings is 1. The minimum absolute atomic E-state index is 0. The molecule has 214 valence electrons. The van der Waals surface area contributed by atoms with E-state index in [1.165, 1.54) is 5.56 Å². The van der Waals surface area contributed by atoms with Gasteiger partial charge in [-0.15, -0.1) is 29.8 Å². The Labute approximate surface area is 266 Å². The number of aromatic nitrogens is 3. The van der Waals surface area contributed by atoms with E-state index in [0.29, 0.717) is 11.4 Å². The SMILES string of the molecule is CC(C)(C)c1cc(-c2[c-]c(-c3cc4ccccc4cn3)ccc2)c2nc(-c3ccccc3O)n(-c3ccccc3)c2c1.[Pt]. The molecule has 1 N–H and O–H groups in total. The van der Waals surface area contributed by atoms with E-state index in [2.05, 4.69) is 92.1 Å². The largest absolute Gasteiger partial charge is 0.507 e. The Hall–Kier alpha value is -4.53. The summed E-state index contributed by atoms with van der Waals surface area (Å²) in [6.07, 6.45) is 1.92. The van der Waals surface area contributed by atoms with E-state index in [4.69, 9.17) is 9.97 Å². The summed E-state index contributed by atoms with van der Waals surface area (Å²) in [5, 5.41) is 13.2. The van der Waals surface area contributed by atoms with Crippen molar-refractivity contribution in [2.75, 3.05) is 0 Å². The molecule has 0 atom stereocenters. The van der Waals surface area contributed by atoms with Gasteiger partial charge in [0.15, 0.2) is 0 Å². The first-order valence-electron chi connectivity index (χ1n) is 14.2. The average molecular weight is 740 g/mol. The number of hydrogen-bond donors (Lipinski definition) is 1. The summed E-state index contributed by atoms with van der Waals surface area (Å²) in [5.74, 6) is 0.882. The Balaban J connectivity index is 0.00000329. The predicted molar refractivity (Wildman–Crippen MR) is 172 cm³/mol. The number of hydrogen-bond acceptors (Lipinski definition) is 3. The molecule has 0 bridgehead atoms. The van der Waals surface area contributed by atoms with Crippen molar-refractivity contribution in [1.29, 1.82) is 0 Å². The summed E-state index contributed by atoms with van der Waals surface area (Å²) in [5.41, 5.74) is 8.31. The van der Waals surface area contributed by atoms with Crippen LogP contribution in [-0.2, 0) is 26.5 Å². The molecule has 0 aliphatic rings. The molecule has 7 aromatic rings. The number of aromatic hydroxyl groups is 1. The Morgan fingerprint density at radius 2 is 1.40 bits per heavy atom. The van der Waals surface area contributed by atoms with Gasteiger partial charge in [-0.05, 0) is 52.1 Å². The van der Waals surface area contributed by atoms with Crippen LogP contribution in [0.2, 0.25) is 0 Å². The summed E-state index contributed by atoms with van der Waals surface area (Å²) in [4.78, 5) is 9.99. The van der Waals surface area contributed by atoms with E-state index in [1.807, 2.05) is 54.7 Å². The number of phenols is 1. The molecule has 0 spiro atoms. The summed E-state index contributed by atoms with van der Waals surface area (Å²) in [6, 6.07) is 42.3. The van der Waals surface area contributed by atoms with Crippen molar-refractivity contribution in [2.45, 2.75) is 26.2 Å². The van der Waals surface area contributed by atoms with Crippen molar-refractivity contribution in [1.82, 2.24) is 14.5 Å². The Kier molecular flexibility index (Phi) is 7.50. The fourth-order valence-corrected chi connectivity index (χ4v) is 5.50. The molecule has 7 rings (SSSR count). The first-order valence-corrected chi connectivity index (χ1v) is 14.2. The minimum Gasteiger partial charge on any atom is -0.507 e. The van der Waals surface area contributed by atoms with E-state index in [0.717, 1.165) is 49.9 Å². The number of rotatable bonds is 4. The zero-order valence-corrected chi connectivity index (χ0v) is 26.4. The molecular weight excluding hydrogens is 710 g/mol. The topological polar surface area (TPSA) is 50.9 Å².